The van der Waals surface area contributed by atoms with Crippen LogP contribution in [0.3, 0.4) is 0 Å². The third kappa shape index (κ3) is 2.77. The van der Waals surface area contributed by atoms with Gasteiger partial charge in [-0.15, -0.1) is 0 Å². The fourth-order valence-corrected chi connectivity index (χ4v) is 2.71. The van der Waals surface area contributed by atoms with Gasteiger partial charge in [0.2, 0.25) is 0 Å². The molecule has 0 bridgehead atoms. The Morgan fingerprint density at radius 2 is 2.15 bits per heavy atom. The predicted octanol–water partition coefficient (Wildman–Crippen LogP) is 3.53. The van der Waals surface area contributed by atoms with Crippen LogP contribution in [0.15, 0.2) is 24.4 Å². The second kappa shape index (κ2) is 6.48. The fraction of sp³-hybridized carbons (Fsp3) is 0.357. The maximum Gasteiger partial charge on any atom is 0.124 e. The van der Waals surface area contributed by atoms with E-state index >= 15 is 0 Å². The number of benzene rings is 1. The van der Waals surface area contributed by atoms with Crippen LogP contribution in [0.1, 0.15) is 24.2 Å². The smallest absolute Gasteiger partial charge is 0.124 e. The van der Waals surface area contributed by atoms with Crippen LogP contribution in [0.25, 0.3) is 0 Å². The van der Waals surface area contributed by atoms with Gasteiger partial charge in [0.05, 0.1) is 30.1 Å². The minimum absolute atomic E-state index is 0.140. The van der Waals surface area contributed by atoms with Crippen LogP contribution in [-0.2, 0) is 6.54 Å². The number of rotatable bonds is 5. The number of methoxy groups -OCH3 is 1. The van der Waals surface area contributed by atoms with Gasteiger partial charge in [-0.05, 0) is 32.2 Å². The number of halogens is 2. The van der Waals surface area contributed by atoms with Gasteiger partial charge in [-0.1, -0.05) is 23.2 Å². The van der Waals surface area contributed by atoms with Crippen molar-refractivity contribution in [3.05, 3.63) is 45.7 Å². The van der Waals surface area contributed by atoms with Crippen LogP contribution >= 0.6 is 23.2 Å². The van der Waals surface area contributed by atoms with Gasteiger partial charge in [0.25, 0.3) is 0 Å². The number of aryl methyl sites for hydroxylation is 1. The molecule has 1 heterocycles. The van der Waals surface area contributed by atoms with Crippen molar-refractivity contribution in [3.8, 4) is 5.75 Å². The van der Waals surface area contributed by atoms with Gasteiger partial charge in [-0.25, -0.2) is 0 Å². The molecule has 108 valence electrons. The first kappa shape index (κ1) is 15.2. The van der Waals surface area contributed by atoms with Crippen LogP contribution < -0.4 is 10.1 Å². The highest BCUT2D eigenvalue weighted by Gasteiger charge is 2.23. The second-order valence-electron chi connectivity index (χ2n) is 4.30. The molecule has 0 radical (unpaired) electrons. The maximum absolute atomic E-state index is 6.29. The largest absolute Gasteiger partial charge is 0.496 e. The summed E-state index contributed by atoms with van der Waals surface area (Å²) in [6.45, 7) is 2.76. The average molecular weight is 314 g/mol. The molecular weight excluding hydrogens is 297 g/mol. The Labute approximate surface area is 128 Å². The summed E-state index contributed by atoms with van der Waals surface area (Å²) in [5, 5.41) is 8.80. The third-order valence-corrected chi connectivity index (χ3v) is 3.72. The summed E-state index contributed by atoms with van der Waals surface area (Å²) in [7, 11) is 3.51. The monoisotopic (exact) mass is 313 g/mol. The van der Waals surface area contributed by atoms with Crippen LogP contribution in [0, 0.1) is 0 Å². The Kier molecular flexibility index (Phi) is 4.91. The summed E-state index contributed by atoms with van der Waals surface area (Å²) in [5.41, 5.74) is 1.83. The molecular formula is C14H17Cl2N3O. The zero-order valence-electron chi connectivity index (χ0n) is 11.7. The van der Waals surface area contributed by atoms with Crippen molar-refractivity contribution in [1.29, 1.82) is 0 Å². The Hall–Kier alpha value is -1.23. The molecule has 6 heteroatoms. The van der Waals surface area contributed by atoms with Crippen molar-refractivity contribution in [1.82, 2.24) is 15.1 Å². The number of nitrogens with one attached hydrogen (secondary N) is 1. The molecule has 0 saturated carbocycles. The number of ether oxygens (including phenoxy) is 1. The predicted molar refractivity (Wildman–Crippen MR) is 81.8 cm³/mol. The summed E-state index contributed by atoms with van der Waals surface area (Å²) >= 11 is 12.4. The van der Waals surface area contributed by atoms with Gasteiger partial charge >= 0.3 is 0 Å². The Bertz CT molecular complexity index is 598. The quantitative estimate of drug-likeness (QED) is 0.918. The molecule has 1 aromatic carbocycles. The average Bonchev–Trinajstić information content (AvgIpc) is 2.82. The topological polar surface area (TPSA) is 39.1 Å². The van der Waals surface area contributed by atoms with E-state index in [1.165, 1.54) is 0 Å². The van der Waals surface area contributed by atoms with Gasteiger partial charge in [0.15, 0.2) is 0 Å². The standard InChI is InChI=1S/C14H17Cl2N3O/c1-4-19-14(11(16)8-18-19)13(17-2)10-7-9(15)5-6-12(10)20-3/h5-8,13,17H,4H2,1-3H3. The highest BCUT2D eigenvalue weighted by atomic mass is 35.5. The van der Waals surface area contributed by atoms with E-state index in [0.29, 0.717) is 10.0 Å². The number of nitrogens with zero attached hydrogens (tertiary/aromatic N) is 2. The molecule has 0 aliphatic heterocycles. The fourth-order valence-electron chi connectivity index (χ4n) is 2.28. The Morgan fingerprint density at radius 3 is 2.75 bits per heavy atom. The minimum atomic E-state index is -0.140. The molecule has 1 aromatic heterocycles. The molecule has 0 amide bonds. The first-order valence-electron chi connectivity index (χ1n) is 6.34. The van der Waals surface area contributed by atoms with Crippen molar-refractivity contribution >= 4 is 23.2 Å². The third-order valence-electron chi connectivity index (χ3n) is 3.20. The Morgan fingerprint density at radius 1 is 1.40 bits per heavy atom. The van der Waals surface area contributed by atoms with E-state index in [2.05, 4.69) is 10.4 Å². The summed E-state index contributed by atoms with van der Waals surface area (Å²) in [4.78, 5) is 0. The van der Waals surface area contributed by atoms with E-state index in [1.807, 2.05) is 30.8 Å². The molecule has 1 atom stereocenters. The van der Waals surface area contributed by atoms with E-state index in [1.54, 1.807) is 19.4 Å². The summed E-state index contributed by atoms with van der Waals surface area (Å²) in [6.07, 6.45) is 1.65. The molecule has 1 N–H and O–H groups in total. The molecule has 0 aliphatic rings. The molecule has 4 nitrogen and oxygen atoms in total. The van der Waals surface area contributed by atoms with Crippen molar-refractivity contribution < 1.29 is 4.74 Å². The van der Waals surface area contributed by atoms with Crippen molar-refractivity contribution in [2.24, 2.45) is 0 Å². The molecule has 20 heavy (non-hydrogen) atoms. The van der Waals surface area contributed by atoms with E-state index in [9.17, 15) is 0 Å². The van der Waals surface area contributed by atoms with Crippen LogP contribution in [0.2, 0.25) is 10.0 Å². The van der Waals surface area contributed by atoms with Gasteiger partial charge in [-0.2, -0.15) is 5.10 Å². The highest BCUT2D eigenvalue weighted by molar-refractivity contribution is 6.31. The normalized spacial score (nSPS) is 12.4. The van der Waals surface area contributed by atoms with Crippen LogP contribution in [0.4, 0.5) is 0 Å². The summed E-state index contributed by atoms with van der Waals surface area (Å²) in [6, 6.07) is 5.39. The lowest BCUT2D eigenvalue weighted by Gasteiger charge is -2.21. The van der Waals surface area contributed by atoms with E-state index in [4.69, 9.17) is 27.9 Å². The Balaban J connectivity index is 2.57. The lowest BCUT2D eigenvalue weighted by molar-refractivity contribution is 0.403. The first-order chi connectivity index (χ1) is 9.62. The molecule has 0 saturated heterocycles. The van der Waals surface area contributed by atoms with Gasteiger partial charge in [-0.3, -0.25) is 4.68 Å². The lowest BCUT2D eigenvalue weighted by atomic mass is 10.0. The van der Waals surface area contributed by atoms with E-state index in [-0.39, 0.29) is 6.04 Å². The molecule has 0 fully saturated rings. The molecule has 0 aliphatic carbocycles. The number of hydrogen-bond donors (Lipinski definition) is 1. The van der Waals surface area contributed by atoms with Crippen LogP contribution in [-0.4, -0.2) is 23.9 Å². The van der Waals surface area contributed by atoms with Crippen molar-refractivity contribution in [2.75, 3.05) is 14.2 Å². The zero-order valence-corrected chi connectivity index (χ0v) is 13.2. The van der Waals surface area contributed by atoms with Gasteiger partial charge in [0, 0.05) is 17.1 Å². The summed E-state index contributed by atoms with van der Waals surface area (Å²) < 4.78 is 7.29. The molecule has 1 unspecified atom stereocenters. The lowest BCUT2D eigenvalue weighted by Crippen LogP contribution is -2.22. The second-order valence-corrected chi connectivity index (χ2v) is 5.15. The summed E-state index contributed by atoms with van der Waals surface area (Å²) in [5.74, 6) is 0.758. The molecule has 0 spiro atoms. The first-order valence-corrected chi connectivity index (χ1v) is 7.09. The SMILES string of the molecule is CCn1ncc(Cl)c1C(NC)c1cc(Cl)ccc1OC. The van der Waals surface area contributed by atoms with Crippen molar-refractivity contribution in [3.63, 3.8) is 0 Å². The highest BCUT2D eigenvalue weighted by Crippen LogP contribution is 2.34. The van der Waals surface area contributed by atoms with Gasteiger partial charge < -0.3 is 10.1 Å². The van der Waals surface area contributed by atoms with Crippen molar-refractivity contribution in [2.45, 2.75) is 19.5 Å². The van der Waals surface area contributed by atoms with E-state index < -0.39 is 0 Å². The molecule has 2 aromatic rings. The van der Waals surface area contributed by atoms with E-state index in [0.717, 1.165) is 23.6 Å². The number of aromatic nitrogens is 2. The van der Waals surface area contributed by atoms with Gasteiger partial charge in [0.1, 0.15) is 5.75 Å². The molecule has 2 rings (SSSR count). The zero-order chi connectivity index (χ0) is 14.7. The maximum atomic E-state index is 6.29. The van der Waals surface area contributed by atoms with Crippen LogP contribution in [0.5, 0.6) is 5.75 Å². The number of hydrogen-bond acceptors (Lipinski definition) is 3. The minimum Gasteiger partial charge on any atom is -0.496 e.